The number of carbonyl (C=O) groups is 1. The Kier molecular flexibility index (Phi) is 4.31. The SMILES string of the molecule is Cc1cc(NC(=O)C(F)(F)F)nn1-c1ccc(-c2ccccc2)cc1. The standard InChI is InChI=1S/C18H14F3N3O/c1-12-11-16(22-17(25)18(19,20)21)23-24(12)15-9-7-14(8-10-15)13-5-3-2-4-6-13/h2-11H,1H3,(H,22,23,25). The van der Waals surface area contributed by atoms with Crippen molar-refractivity contribution < 1.29 is 18.0 Å². The Morgan fingerprint density at radius 3 is 2.20 bits per heavy atom. The van der Waals surface area contributed by atoms with Gasteiger partial charge in [-0.2, -0.15) is 13.2 Å². The highest BCUT2D eigenvalue weighted by atomic mass is 19.4. The summed E-state index contributed by atoms with van der Waals surface area (Å²) >= 11 is 0. The van der Waals surface area contributed by atoms with Crippen LogP contribution in [0.4, 0.5) is 19.0 Å². The van der Waals surface area contributed by atoms with Crippen LogP contribution < -0.4 is 5.32 Å². The zero-order chi connectivity index (χ0) is 18.0. The number of amides is 1. The van der Waals surface area contributed by atoms with Crippen molar-refractivity contribution in [1.82, 2.24) is 9.78 Å². The summed E-state index contributed by atoms with van der Waals surface area (Å²) in [4.78, 5) is 11.0. The molecular weight excluding hydrogens is 331 g/mol. The molecular formula is C18H14F3N3O. The molecule has 1 aromatic heterocycles. The van der Waals surface area contributed by atoms with Crippen molar-refractivity contribution in [2.75, 3.05) is 5.32 Å². The predicted octanol–water partition coefficient (Wildman–Crippen LogP) is 4.35. The second-order valence-electron chi connectivity index (χ2n) is 5.45. The molecule has 0 saturated carbocycles. The first-order valence-electron chi connectivity index (χ1n) is 7.45. The lowest BCUT2D eigenvalue weighted by Gasteiger charge is -2.07. The fourth-order valence-electron chi connectivity index (χ4n) is 2.41. The van der Waals surface area contributed by atoms with E-state index in [-0.39, 0.29) is 5.82 Å². The Labute approximate surface area is 141 Å². The molecule has 2 aromatic carbocycles. The Bertz CT molecular complexity index is 884. The van der Waals surface area contributed by atoms with E-state index in [1.165, 1.54) is 10.7 Å². The van der Waals surface area contributed by atoms with Gasteiger partial charge in [0.15, 0.2) is 5.82 Å². The Morgan fingerprint density at radius 2 is 1.60 bits per heavy atom. The predicted molar refractivity (Wildman–Crippen MR) is 88.4 cm³/mol. The number of hydrogen-bond donors (Lipinski definition) is 1. The second-order valence-corrected chi connectivity index (χ2v) is 5.45. The number of halogens is 3. The third kappa shape index (κ3) is 3.71. The Balaban J connectivity index is 1.84. The summed E-state index contributed by atoms with van der Waals surface area (Å²) < 4.78 is 38.4. The van der Waals surface area contributed by atoms with Crippen molar-refractivity contribution in [2.24, 2.45) is 0 Å². The number of alkyl halides is 3. The number of nitrogens with one attached hydrogen (secondary N) is 1. The molecule has 1 N–H and O–H groups in total. The molecule has 0 unspecified atom stereocenters. The maximum Gasteiger partial charge on any atom is 0.471 e. The number of benzene rings is 2. The van der Waals surface area contributed by atoms with E-state index in [0.717, 1.165) is 11.1 Å². The number of hydrogen-bond acceptors (Lipinski definition) is 2. The molecule has 0 fully saturated rings. The van der Waals surface area contributed by atoms with Gasteiger partial charge in [0.1, 0.15) is 0 Å². The zero-order valence-electron chi connectivity index (χ0n) is 13.2. The van der Waals surface area contributed by atoms with Gasteiger partial charge < -0.3 is 5.32 Å². The summed E-state index contributed by atoms with van der Waals surface area (Å²) in [6.45, 7) is 1.70. The fraction of sp³-hybridized carbons (Fsp3) is 0.111. The average molecular weight is 345 g/mol. The van der Waals surface area contributed by atoms with Crippen LogP contribution in [-0.4, -0.2) is 21.9 Å². The van der Waals surface area contributed by atoms with Crippen LogP contribution in [0.2, 0.25) is 0 Å². The molecule has 0 bridgehead atoms. The molecule has 1 amide bonds. The topological polar surface area (TPSA) is 46.9 Å². The third-order valence-corrected chi connectivity index (χ3v) is 3.61. The molecule has 4 nitrogen and oxygen atoms in total. The molecule has 0 aliphatic heterocycles. The third-order valence-electron chi connectivity index (χ3n) is 3.61. The van der Waals surface area contributed by atoms with Crippen molar-refractivity contribution in [2.45, 2.75) is 13.1 Å². The first-order valence-corrected chi connectivity index (χ1v) is 7.45. The largest absolute Gasteiger partial charge is 0.471 e. The first-order chi connectivity index (χ1) is 11.8. The fourth-order valence-corrected chi connectivity index (χ4v) is 2.41. The summed E-state index contributed by atoms with van der Waals surface area (Å²) in [5, 5.41) is 5.77. The van der Waals surface area contributed by atoms with E-state index >= 15 is 0 Å². The van der Waals surface area contributed by atoms with E-state index in [2.05, 4.69) is 5.10 Å². The van der Waals surface area contributed by atoms with Crippen molar-refractivity contribution in [1.29, 1.82) is 0 Å². The number of nitrogens with zero attached hydrogens (tertiary/aromatic N) is 2. The van der Waals surface area contributed by atoms with E-state index in [1.807, 2.05) is 54.6 Å². The van der Waals surface area contributed by atoms with Crippen LogP contribution in [0.15, 0.2) is 60.7 Å². The van der Waals surface area contributed by atoms with Crippen molar-refractivity contribution >= 4 is 11.7 Å². The van der Waals surface area contributed by atoms with E-state index in [4.69, 9.17) is 0 Å². The quantitative estimate of drug-likeness (QED) is 0.767. The van der Waals surface area contributed by atoms with Crippen LogP contribution in [0.1, 0.15) is 5.69 Å². The molecule has 25 heavy (non-hydrogen) atoms. The number of aryl methyl sites for hydroxylation is 1. The van der Waals surface area contributed by atoms with Crippen molar-refractivity contribution in [3.05, 3.63) is 66.4 Å². The molecule has 3 aromatic rings. The summed E-state index contributed by atoms with van der Waals surface area (Å²) in [7, 11) is 0. The normalized spacial score (nSPS) is 11.4. The van der Waals surface area contributed by atoms with Gasteiger partial charge in [0.25, 0.3) is 0 Å². The highest BCUT2D eigenvalue weighted by Crippen LogP contribution is 2.23. The summed E-state index contributed by atoms with van der Waals surface area (Å²) in [5.74, 6) is -2.19. The molecule has 0 aliphatic carbocycles. The maximum atomic E-state index is 12.3. The van der Waals surface area contributed by atoms with Gasteiger partial charge in [0, 0.05) is 11.8 Å². The highest BCUT2D eigenvalue weighted by molar-refractivity contribution is 5.94. The van der Waals surface area contributed by atoms with Crippen LogP contribution >= 0.6 is 0 Å². The van der Waals surface area contributed by atoms with Gasteiger partial charge >= 0.3 is 12.1 Å². The van der Waals surface area contributed by atoms with Gasteiger partial charge in [-0.05, 0) is 30.2 Å². The number of carbonyl (C=O) groups excluding carboxylic acids is 1. The lowest BCUT2D eigenvalue weighted by Crippen LogP contribution is -2.30. The Morgan fingerprint density at radius 1 is 1.00 bits per heavy atom. The van der Waals surface area contributed by atoms with E-state index < -0.39 is 12.1 Å². The molecule has 7 heteroatoms. The smallest absolute Gasteiger partial charge is 0.301 e. The van der Waals surface area contributed by atoms with Gasteiger partial charge in [-0.15, -0.1) is 5.10 Å². The highest BCUT2D eigenvalue weighted by Gasteiger charge is 2.39. The van der Waals surface area contributed by atoms with Crippen molar-refractivity contribution in [3.63, 3.8) is 0 Å². The van der Waals surface area contributed by atoms with Crippen LogP contribution in [0, 0.1) is 6.92 Å². The van der Waals surface area contributed by atoms with E-state index in [1.54, 1.807) is 12.2 Å². The summed E-state index contributed by atoms with van der Waals surface area (Å²) in [6, 6.07) is 18.6. The number of rotatable bonds is 3. The molecule has 0 saturated heterocycles. The summed E-state index contributed by atoms with van der Waals surface area (Å²) in [6.07, 6.45) is -4.95. The van der Waals surface area contributed by atoms with Crippen molar-refractivity contribution in [3.8, 4) is 16.8 Å². The lowest BCUT2D eigenvalue weighted by molar-refractivity contribution is -0.167. The molecule has 1 heterocycles. The van der Waals surface area contributed by atoms with Gasteiger partial charge in [-0.3, -0.25) is 4.79 Å². The first kappa shape index (κ1) is 16.8. The van der Waals surface area contributed by atoms with Crippen LogP contribution in [0.25, 0.3) is 16.8 Å². The minimum Gasteiger partial charge on any atom is -0.301 e. The maximum absolute atomic E-state index is 12.3. The summed E-state index contributed by atoms with van der Waals surface area (Å²) in [5.41, 5.74) is 3.36. The van der Waals surface area contributed by atoms with Gasteiger partial charge in [0.2, 0.25) is 0 Å². The van der Waals surface area contributed by atoms with Crippen LogP contribution in [-0.2, 0) is 4.79 Å². The molecule has 0 radical (unpaired) electrons. The van der Waals surface area contributed by atoms with E-state index in [0.29, 0.717) is 11.4 Å². The van der Waals surface area contributed by atoms with Crippen LogP contribution in [0.5, 0.6) is 0 Å². The van der Waals surface area contributed by atoms with Gasteiger partial charge in [-0.1, -0.05) is 42.5 Å². The van der Waals surface area contributed by atoms with Gasteiger partial charge in [-0.25, -0.2) is 4.68 Å². The average Bonchev–Trinajstić information content (AvgIpc) is 2.95. The number of aromatic nitrogens is 2. The van der Waals surface area contributed by atoms with Gasteiger partial charge in [0.05, 0.1) is 5.69 Å². The van der Waals surface area contributed by atoms with Crippen LogP contribution in [0.3, 0.4) is 0 Å². The Hall–Kier alpha value is -3.09. The monoisotopic (exact) mass is 345 g/mol. The van der Waals surface area contributed by atoms with E-state index in [9.17, 15) is 18.0 Å². The minimum atomic E-state index is -4.95. The minimum absolute atomic E-state index is 0.146. The molecule has 0 aliphatic rings. The molecule has 3 rings (SSSR count). The zero-order valence-corrected chi connectivity index (χ0v) is 13.2. The molecule has 128 valence electrons. The number of anilines is 1. The second kappa shape index (κ2) is 6.43. The lowest BCUT2D eigenvalue weighted by atomic mass is 10.1. The molecule has 0 spiro atoms. The molecule has 0 atom stereocenters.